The van der Waals surface area contributed by atoms with E-state index in [2.05, 4.69) is 26.0 Å². The minimum atomic E-state index is -0.319. The van der Waals surface area contributed by atoms with E-state index in [1.165, 1.54) is 17.9 Å². The van der Waals surface area contributed by atoms with Crippen LogP contribution < -0.4 is 10.2 Å². The molecule has 0 saturated heterocycles. The number of hydrogen-bond acceptors (Lipinski definition) is 5. The molecule has 4 aromatic rings. The molecule has 0 atom stereocenters. The van der Waals surface area contributed by atoms with Gasteiger partial charge in [-0.05, 0) is 30.0 Å². The number of furan rings is 1. The molecule has 0 bridgehead atoms. The first kappa shape index (κ1) is 17.2. The summed E-state index contributed by atoms with van der Waals surface area (Å²) >= 11 is 0. The Balaban J connectivity index is 1.81. The normalized spacial score (nSPS) is 11.6. The zero-order valence-electron chi connectivity index (χ0n) is 15.4. The monoisotopic (exact) mass is 364 g/mol. The van der Waals surface area contributed by atoms with Crippen LogP contribution in [-0.2, 0) is 6.61 Å². The van der Waals surface area contributed by atoms with E-state index in [1.54, 1.807) is 13.0 Å². The molecule has 2 heterocycles. The zero-order valence-corrected chi connectivity index (χ0v) is 15.4. The van der Waals surface area contributed by atoms with Crippen LogP contribution in [0.15, 0.2) is 56.3 Å². The van der Waals surface area contributed by atoms with E-state index in [9.17, 15) is 9.90 Å². The van der Waals surface area contributed by atoms with Crippen LogP contribution in [0.1, 0.15) is 36.7 Å². The first-order chi connectivity index (χ1) is 13.0. The SMILES string of the molecule is Cc1cc(=O)c2c(O)c3ccoc3c(OCc3ccc(C(C)C)cc3)c2o1. The number of rotatable bonds is 4. The maximum atomic E-state index is 12.4. The molecule has 1 N–H and O–H groups in total. The molecule has 4 rings (SSSR count). The van der Waals surface area contributed by atoms with Gasteiger partial charge in [0.05, 0.1) is 11.6 Å². The standard InChI is InChI=1S/C22H20O5/c1-12(2)15-6-4-14(5-7-15)11-26-22-20-16(8-9-25-20)19(24)18-17(23)10-13(3)27-21(18)22/h4-10,12,24H,11H2,1-3H3. The lowest BCUT2D eigenvalue weighted by Gasteiger charge is -2.12. The second-order valence-corrected chi connectivity index (χ2v) is 6.95. The molecule has 0 amide bonds. The number of aryl methyl sites for hydroxylation is 1. The Morgan fingerprint density at radius 1 is 1.11 bits per heavy atom. The quantitative estimate of drug-likeness (QED) is 0.535. The highest BCUT2D eigenvalue weighted by molar-refractivity contribution is 6.06. The average molecular weight is 364 g/mol. The Bertz CT molecular complexity index is 1180. The minimum absolute atomic E-state index is 0.0969. The third-order valence-corrected chi connectivity index (χ3v) is 4.67. The minimum Gasteiger partial charge on any atom is -0.506 e. The van der Waals surface area contributed by atoms with Gasteiger partial charge in [0, 0.05) is 6.07 Å². The number of fused-ring (bicyclic) bond motifs is 2. The summed E-state index contributed by atoms with van der Waals surface area (Å²) in [7, 11) is 0. The van der Waals surface area contributed by atoms with Gasteiger partial charge in [-0.3, -0.25) is 4.79 Å². The van der Waals surface area contributed by atoms with E-state index in [1.807, 2.05) is 12.1 Å². The summed E-state index contributed by atoms with van der Waals surface area (Å²) in [6, 6.07) is 11.1. The van der Waals surface area contributed by atoms with Crippen LogP contribution in [-0.4, -0.2) is 5.11 Å². The molecule has 2 aromatic carbocycles. The van der Waals surface area contributed by atoms with Gasteiger partial charge in [-0.2, -0.15) is 0 Å². The van der Waals surface area contributed by atoms with Crippen molar-refractivity contribution in [2.75, 3.05) is 0 Å². The van der Waals surface area contributed by atoms with Gasteiger partial charge in [0.15, 0.2) is 16.6 Å². The predicted octanol–water partition coefficient (Wildman–Crippen LogP) is 5.26. The summed E-state index contributed by atoms with van der Waals surface area (Å²) in [5.41, 5.74) is 2.46. The van der Waals surface area contributed by atoms with Crippen LogP contribution >= 0.6 is 0 Å². The number of ether oxygens (including phenoxy) is 1. The summed E-state index contributed by atoms with van der Waals surface area (Å²) in [6.07, 6.45) is 1.45. The Morgan fingerprint density at radius 2 is 1.85 bits per heavy atom. The molecule has 0 fully saturated rings. The highest BCUT2D eigenvalue weighted by Crippen LogP contribution is 2.41. The maximum Gasteiger partial charge on any atom is 0.206 e. The fraction of sp³-hybridized carbons (Fsp3) is 0.227. The summed E-state index contributed by atoms with van der Waals surface area (Å²) in [5, 5.41) is 11.0. The summed E-state index contributed by atoms with van der Waals surface area (Å²) < 4.78 is 17.2. The van der Waals surface area contributed by atoms with Gasteiger partial charge in [-0.25, -0.2) is 0 Å². The second-order valence-electron chi connectivity index (χ2n) is 6.95. The number of phenols is 1. The predicted molar refractivity (Wildman–Crippen MR) is 104 cm³/mol. The van der Waals surface area contributed by atoms with Gasteiger partial charge >= 0.3 is 0 Å². The Kier molecular flexibility index (Phi) is 4.15. The van der Waals surface area contributed by atoms with E-state index >= 15 is 0 Å². The molecule has 0 spiro atoms. The smallest absolute Gasteiger partial charge is 0.206 e. The van der Waals surface area contributed by atoms with Crippen molar-refractivity contribution >= 4 is 21.9 Å². The summed E-state index contributed by atoms with van der Waals surface area (Å²) in [4.78, 5) is 12.4. The van der Waals surface area contributed by atoms with Crippen molar-refractivity contribution in [1.82, 2.24) is 0 Å². The van der Waals surface area contributed by atoms with Gasteiger partial charge in [-0.15, -0.1) is 0 Å². The molecule has 0 aliphatic heterocycles. The van der Waals surface area contributed by atoms with Crippen LogP contribution in [0.25, 0.3) is 21.9 Å². The highest BCUT2D eigenvalue weighted by atomic mass is 16.5. The van der Waals surface area contributed by atoms with E-state index < -0.39 is 0 Å². The molecule has 27 heavy (non-hydrogen) atoms. The lowest BCUT2D eigenvalue weighted by molar-refractivity contribution is 0.303. The van der Waals surface area contributed by atoms with E-state index in [0.717, 1.165) is 5.56 Å². The molecule has 0 aliphatic carbocycles. The first-order valence-electron chi connectivity index (χ1n) is 8.84. The van der Waals surface area contributed by atoms with Crippen molar-refractivity contribution in [2.24, 2.45) is 0 Å². The topological polar surface area (TPSA) is 72.8 Å². The molecular weight excluding hydrogens is 344 g/mol. The van der Waals surface area contributed by atoms with Crippen LogP contribution in [0.3, 0.4) is 0 Å². The van der Waals surface area contributed by atoms with Crippen molar-refractivity contribution in [3.05, 3.63) is 69.8 Å². The van der Waals surface area contributed by atoms with Gasteiger partial charge in [0.25, 0.3) is 0 Å². The Morgan fingerprint density at radius 3 is 2.56 bits per heavy atom. The van der Waals surface area contributed by atoms with Crippen molar-refractivity contribution < 1.29 is 18.7 Å². The van der Waals surface area contributed by atoms with E-state index in [-0.39, 0.29) is 28.8 Å². The largest absolute Gasteiger partial charge is 0.506 e. The van der Waals surface area contributed by atoms with Gasteiger partial charge in [-0.1, -0.05) is 38.1 Å². The van der Waals surface area contributed by atoms with Crippen molar-refractivity contribution in [3.8, 4) is 11.5 Å². The average Bonchev–Trinajstić information content (AvgIpc) is 3.11. The van der Waals surface area contributed by atoms with Gasteiger partial charge in [0.1, 0.15) is 23.5 Å². The van der Waals surface area contributed by atoms with E-state index in [4.69, 9.17) is 13.6 Å². The Hall–Kier alpha value is -3.21. The first-order valence-corrected chi connectivity index (χ1v) is 8.84. The molecule has 0 saturated carbocycles. The fourth-order valence-electron chi connectivity index (χ4n) is 3.19. The molecule has 2 aromatic heterocycles. The highest BCUT2D eigenvalue weighted by Gasteiger charge is 2.22. The summed E-state index contributed by atoms with van der Waals surface area (Å²) in [5.74, 6) is 1.05. The van der Waals surface area contributed by atoms with Crippen molar-refractivity contribution in [1.29, 1.82) is 0 Å². The lowest BCUT2D eigenvalue weighted by atomic mass is 10.0. The molecule has 0 unspecified atom stereocenters. The fourth-order valence-corrected chi connectivity index (χ4v) is 3.19. The number of aromatic hydroxyl groups is 1. The molecule has 0 radical (unpaired) electrons. The van der Waals surface area contributed by atoms with Gasteiger partial charge in [0.2, 0.25) is 5.75 Å². The van der Waals surface area contributed by atoms with Crippen LogP contribution in [0.5, 0.6) is 11.5 Å². The van der Waals surface area contributed by atoms with Crippen LogP contribution in [0, 0.1) is 6.92 Å². The number of hydrogen-bond donors (Lipinski definition) is 1. The molecular formula is C22H20O5. The molecule has 138 valence electrons. The van der Waals surface area contributed by atoms with Crippen LogP contribution in [0.2, 0.25) is 0 Å². The van der Waals surface area contributed by atoms with Crippen LogP contribution in [0.4, 0.5) is 0 Å². The summed E-state index contributed by atoms with van der Waals surface area (Å²) in [6.45, 7) is 6.25. The molecule has 5 nitrogen and oxygen atoms in total. The number of phenolic OH excluding ortho intramolecular Hbond substituents is 1. The second kappa shape index (κ2) is 6.50. The zero-order chi connectivity index (χ0) is 19.1. The third-order valence-electron chi connectivity index (χ3n) is 4.67. The maximum absolute atomic E-state index is 12.4. The third kappa shape index (κ3) is 2.95. The van der Waals surface area contributed by atoms with E-state index in [0.29, 0.717) is 28.4 Å². The van der Waals surface area contributed by atoms with Crippen molar-refractivity contribution in [3.63, 3.8) is 0 Å². The Labute approximate surface area is 155 Å². The van der Waals surface area contributed by atoms with Gasteiger partial charge < -0.3 is 18.7 Å². The van der Waals surface area contributed by atoms with Crippen molar-refractivity contribution in [2.45, 2.75) is 33.3 Å². The molecule has 0 aliphatic rings. The lowest BCUT2D eigenvalue weighted by Crippen LogP contribution is -2.04. The number of benzene rings is 2. The molecule has 5 heteroatoms.